The van der Waals surface area contributed by atoms with Crippen molar-refractivity contribution in [3.63, 3.8) is 0 Å². The van der Waals surface area contributed by atoms with Gasteiger partial charge in [-0.15, -0.1) is 0 Å². The molecule has 0 unspecified atom stereocenters. The highest BCUT2D eigenvalue weighted by Crippen LogP contribution is 2.34. The van der Waals surface area contributed by atoms with Crippen molar-refractivity contribution in [2.75, 3.05) is 0 Å². The molecule has 0 radical (unpaired) electrons. The maximum absolute atomic E-state index is 6.39. The Kier molecular flexibility index (Phi) is 5.17. The summed E-state index contributed by atoms with van der Waals surface area (Å²) in [5.41, 5.74) is 2.19. The minimum atomic E-state index is 0.475. The van der Waals surface area contributed by atoms with Crippen molar-refractivity contribution in [2.24, 2.45) is 0 Å². The van der Waals surface area contributed by atoms with E-state index < -0.39 is 0 Å². The van der Waals surface area contributed by atoms with Crippen molar-refractivity contribution in [3.8, 4) is 11.5 Å². The van der Waals surface area contributed by atoms with Gasteiger partial charge in [0.2, 0.25) is 0 Å². The first kappa shape index (κ1) is 15.4. The van der Waals surface area contributed by atoms with E-state index in [2.05, 4.69) is 0 Å². The van der Waals surface area contributed by atoms with Crippen LogP contribution in [0.15, 0.2) is 78.9 Å². The maximum atomic E-state index is 6.39. The summed E-state index contributed by atoms with van der Waals surface area (Å²) < 4.78 is 11.6. The van der Waals surface area contributed by atoms with Gasteiger partial charge in [-0.2, -0.15) is 0 Å². The lowest BCUT2D eigenvalue weighted by Gasteiger charge is -2.12. The lowest BCUT2D eigenvalue weighted by atomic mass is 10.2. The molecule has 0 fully saturated rings. The minimum Gasteiger partial charge on any atom is -0.487 e. The topological polar surface area (TPSA) is 18.5 Å². The lowest BCUT2D eigenvalue weighted by molar-refractivity contribution is 0.290. The van der Waals surface area contributed by atoms with Crippen molar-refractivity contribution < 1.29 is 9.47 Å². The highest BCUT2D eigenvalue weighted by molar-refractivity contribution is 6.33. The molecule has 0 N–H and O–H groups in total. The summed E-state index contributed by atoms with van der Waals surface area (Å²) in [7, 11) is 0. The van der Waals surface area contributed by atoms with Crippen LogP contribution >= 0.6 is 11.6 Å². The van der Waals surface area contributed by atoms with Gasteiger partial charge in [0.15, 0.2) is 0 Å². The molecule has 0 amide bonds. The standard InChI is InChI=1S/C20H17ClO2/c21-20-18(22-14-16-8-3-1-4-9-16)12-7-13-19(20)23-15-17-10-5-2-6-11-17/h1-13H,14-15H2. The average molecular weight is 325 g/mol. The van der Waals surface area contributed by atoms with Crippen LogP contribution in [-0.2, 0) is 13.2 Å². The van der Waals surface area contributed by atoms with Crippen LogP contribution in [0.25, 0.3) is 0 Å². The molecule has 0 heterocycles. The normalized spacial score (nSPS) is 10.3. The van der Waals surface area contributed by atoms with E-state index in [1.54, 1.807) is 0 Å². The Morgan fingerprint density at radius 1 is 0.565 bits per heavy atom. The number of halogens is 1. The van der Waals surface area contributed by atoms with E-state index in [-0.39, 0.29) is 0 Å². The maximum Gasteiger partial charge on any atom is 0.142 e. The summed E-state index contributed by atoms with van der Waals surface area (Å²) in [5, 5.41) is 0.499. The van der Waals surface area contributed by atoms with Gasteiger partial charge in [-0.05, 0) is 23.3 Å². The van der Waals surface area contributed by atoms with Crippen LogP contribution in [0.1, 0.15) is 11.1 Å². The second-order valence-electron chi connectivity index (χ2n) is 5.12. The van der Waals surface area contributed by atoms with Crippen LogP contribution in [0.3, 0.4) is 0 Å². The van der Waals surface area contributed by atoms with E-state index in [1.807, 2.05) is 78.9 Å². The van der Waals surface area contributed by atoms with Crippen LogP contribution in [0.4, 0.5) is 0 Å². The summed E-state index contributed by atoms with van der Waals surface area (Å²) in [6, 6.07) is 25.6. The van der Waals surface area contributed by atoms with Gasteiger partial charge < -0.3 is 9.47 Å². The van der Waals surface area contributed by atoms with E-state index in [0.29, 0.717) is 29.7 Å². The summed E-state index contributed by atoms with van der Waals surface area (Å²) >= 11 is 6.39. The summed E-state index contributed by atoms with van der Waals surface area (Å²) in [6.07, 6.45) is 0. The molecule has 0 aliphatic heterocycles. The largest absolute Gasteiger partial charge is 0.487 e. The monoisotopic (exact) mass is 324 g/mol. The molecule has 3 rings (SSSR count). The Hall–Kier alpha value is -2.45. The molecule has 116 valence electrons. The fraction of sp³-hybridized carbons (Fsp3) is 0.100. The van der Waals surface area contributed by atoms with Crippen LogP contribution in [0, 0.1) is 0 Å². The molecule has 3 aromatic rings. The van der Waals surface area contributed by atoms with Gasteiger partial charge in [0.25, 0.3) is 0 Å². The van der Waals surface area contributed by atoms with Crippen LogP contribution in [-0.4, -0.2) is 0 Å². The second kappa shape index (κ2) is 7.70. The highest BCUT2D eigenvalue weighted by atomic mass is 35.5. The first-order chi connectivity index (χ1) is 11.3. The molecule has 2 nitrogen and oxygen atoms in total. The summed E-state index contributed by atoms with van der Waals surface area (Å²) in [4.78, 5) is 0. The first-order valence-electron chi connectivity index (χ1n) is 7.45. The van der Waals surface area contributed by atoms with Crippen LogP contribution in [0.5, 0.6) is 11.5 Å². The molecule has 0 aromatic heterocycles. The molecular formula is C20H17ClO2. The molecule has 0 saturated carbocycles. The molecule has 0 bridgehead atoms. The molecule has 3 aromatic carbocycles. The fourth-order valence-corrected chi connectivity index (χ4v) is 2.42. The Morgan fingerprint density at radius 2 is 1.00 bits per heavy atom. The van der Waals surface area contributed by atoms with Crippen molar-refractivity contribution in [1.82, 2.24) is 0 Å². The van der Waals surface area contributed by atoms with Crippen molar-refractivity contribution in [2.45, 2.75) is 13.2 Å². The van der Waals surface area contributed by atoms with E-state index in [4.69, 9.17) is 21.1 Å². The quantitative estimate of drug-likeness (QED) is 0.596. The number of benzene rings is 3. The Labute approximate surface area is 141 Å². The molecule has 0 aliphatic carbocycles. The van der Waals surface area contributed by atoms with Gasteiger partial charge >= 0.3 is 0 Å². The third kappa shape index (κ3) is 4.27. The minimum absolute atomic E-state index is 0.475. The van der Waals surface area contributed by atoms with Crippen LogP contribution in [0.2, 0.25) is 5.02 Å². The predicted molar refractivity (Wildman–Crippen MR) is 93.0 cm³/mol. The second-order valence-corrected chi connectivity index (χ2v) is 5.49. The molecule has 0 saturated heterocycles. The number of ether oxygens (including phenoxy) is 2. The van der Waals surface area contributed by atoms with E-state index in [0.717, 1.165) is 11.1 Å². The summed E-state index contributed by atoms with van der Waals surface area (Å²) in [5.74, 6) is 1.25. The smallest absolute Gasteiger partial charge is 0.142 e. The van der Waals surface area contributed by atoms with E-state index in [9.17, 15) is 0 Å². The van der Waals surface area contributed by atoms with Gasteiger partial charge in [-0.25, -0.2) is 0 Å². The number of hydrogen-bond donors (Lipinski definition) is 0. The van der Waals surface area contributed by atoms with Gasteiger partial charge in [0.1, 0.15) is 29.7 Å². The van der Waals surface area contributed by atoms with Crippen molar-refractivity contribution >= 4 is 11.6 Å². The van der Waals surface area contributed by atoms with Crippen LogP contribution < -0.4 is 9.47 Å². The SMILES string of the molecule is Clc1c(OCc2ccccc2)cccc1OCc1ccccc1. The Bertz CT molecular complexity index is 680. The molecule has 0 spiro atoms. The number of rotatable bonds is 6. The zero-order valence-corrected chi connectivity index (χ0v) is 13.4. The van der Waals surface area contributed by atoms with E-state index >= 15 is 0 Å². The molecular weight excluding hydrogens is 308 g/mol. The van der Waals surface area contributed by atoms with Crippen molar-refractivity contribution in [1.29, 1.82) is 0 Å². The third-order valence-corrected chi connectivity index (χ3v) is 3.77. The number of hydrogen-bond acceptors (Lipinski definition) is 2. The van der Waals surface area contributed by atoms with Gasteiger partial charge in [-0.1, -0.05) is 78.3 Å². The van der Waals surface area contributed by atoms with Crippen molar-refractivity contribution in [3.05, 3.63) is 95.0 Å². The molecule has 3 heteroatoms. The summed E-state index contributed by atoms with van der Waals surface area (Å²) in [6.45, 7) is 0.950. The van der Waals surface area contributed by atoms with E-state index in [1.165, 1.54) is 0 Å². The fourth-order valence-electron chi connectivity index (χ4n) is 2.18. The highest BCUT2D eigenvalue weighted by Gasteiger charge is 2.09. The van der Waals surface area contributed by atoms with Gasteiger partial charge in [0.05, 0.1) is 0 Å². The lowest BCUT2D eigenvalue weighted by Crippen LogP contribution is -1.99. The zero-order valence-electron chi connectivity index (χ0n) is 12.6. The van der Waals surface area contributed by atoms with Gasteiger partial charge in [-0.3, -0.25) is 0 Å². The Morgan fingerprint density at radius 3 is 1.43 bits per heavy atom. The molecule has 23 heavy (non-hydrogen) atoms. The zero-order chi connectivity index (χ0) is 15.9. The van der Waals surface area contributed by atoms with Gasteiger partial charge in [0, 0.05) is 0 Å². The molecule has 0 aliphatic rings. The third-order valence-electron chi connectivity index (χ3n) is 3.40. The Balaban J connectivity index is 1.66. The first-order valence-corrected chi connectivity index (χ1v) is 7.83. The predicted octanol–water partition coefficient (Wildman–Crippen LogP) is 5.50. The average Bonchev–Trinajstić information content (AvgIpc) is 2.61. The molecule has 0 atom stereocenters.